The number of fused-ring (bicyclic) bond motifs is 2. The summed E-state index contributed by atoms with van der Waals surface area (Å²) in [5, 5.41) is 3.53. The largest absolute Gasteiger partial charge is 0.352 e. The van der Waals surface area contributed by atoms with Gasteiger partial charge in [0.1, 0.15) is 0 Å². The number of sulfone groups is 1. The molecule has 2 heterocycles. The molecule has 0 saturated carbocycles. The third kappa shape index (κ3) is 5.94. The van der Waals surface area contributed by atoms with Gasteiger partial charge in [-0.3, -0.25) is 9.59 Å². The van der Waals surface area contributed by atoms with Crippen LogP contribution in [0.25, 0.3) is 0 Å². The zero-order valence-corrected chi connectivity index (χ0v) is 24.3. The summed E-state index contributed by atoms with van der Waals surface area (Å²) in [4.78, 5) is 30.8. The summed E-state index contributed by atoms with van der Waals surface area (Å²) in [6.45, 7) is 8.26. The molecule has 0 bridgehead atoms. The summed E-state index contributed by atoms with van der Waals surface area (Å²) in [7, 11) is -4.01. The van der Waals surface area contributed by atoms with Crippen LogP contribution in [0.15, 0.2) is 76.5 Å². The van der Waals surface area contributed by atoms with Gasteiger partial charge in [-0.1, -0.05) is 49.7 Å². The molecular weight excluding hydrogens is 546 g/mol. The van der Waals surface area contributed by atoms with Crippen LogP contribution < -0.4 is 10.2 Å². The average molecular weight is 580 g/mol. The Hall–Kier alpha value is -3.20. The first-order valence-electron chi connectivity index (χ1n) is 13.7. The van der Waals surface area contributed by atoms with Crippen molar-refractivity contribution in [3.05, 3.63) is 88.4 Å². The van der Waals surface area contributed by atoms with E-state index in [1.165, 1.54) is 41.7 Å². The van der Waals surface area contributed by atoms with Crippen LogP contribution in [-0.4, -0.2) is 51.3 Å². The number of rotatable bonds is 7. The van der Waals surface area contributed by atoms with Gasteiger partial charge in [-0.05, 0) is 79.3 Å². The lowest BCUT2D eigenvalue weighted by Gasteiger charge is -2.34. The highest BCUT2D eigenvalue weighted by Crippen LogP contribution is 2.38. The zero-order valence-electron chi connectivity index (χ0n) is 22.8. The maximum absolute atomic E-state index is 13.8. The average Bonchev–Trinajstić information content (AvgIpc) is 2.99. The van der Waals surface area contributed by atoms with Crippen molar-refractivity contribution in [2.75, 3.05) is 31.1 Å². The lowest BCUT2D eigenvalue weighted by atomic mass is 9.92. The number of nitrogens with one attached hydrogen (secondary N) is 1. The van der Waals surface area contributed by atoms with Crippen molar-refractivity contribution in [2.24, 2.45) is 11.8 Å². The monoisotopic (exact) mass is 579 g/mol. The predicted molar refractivity (Wildman–Crippen MR) is 157 cm³/mol. The SMILES string of the molecule is C[C@@H]1C[C@H](C)CN(CCCNC(=O)c2ccc3c(c2)N(Cc2ccc(Cl)cc2)C(=O)c2ccccc2S3(=O)=O)C1. The molecule has 2 amide bonds. The molecule has 0 unspecified atom stereocenters. The van der Waals surface area contributed by atoms with E-state index in [-0.39, 0.29) is 33.5 Å². The molecule has 9 heteroatoms. The van der Waals surface area contributed by atoms with E-state index in [1.807, 2.05) is 0 Å². The number of piperidine rings is 1. The fraction of sp³-hybridized carbons (Fsp3) is 0.355. The fourth-order valence-electron chi connectivity index (χ4n) is 5.86. The van der Waals surface area contributed by atoms with Crippen LogP contribution in [0, 0.1) is 11.8 Å². The van der Waals surface area contributed by atoms with Gasteiger partial charge in [0.15, 0.2) is 0 Å². The number of carbonyl (C=O) groups is 2. The topological polar surface area (TPSA) is 86.8 Å². The minimum Gasteiger partial charge on any atom is -0.352 e. The van der Waals surface area contributed by atoms with Crippen LogP contribution in [0.4, 0.5) is 5.69 Å². The molecule has 2 aliphatic heterocycles. The normalized spacial score (nSPS) is 20.4. The van der Waals surface area contributed by atoms with Crippen LogP contribution in [0.5, 0.6) is 0 Å². The maximum atomic E-state index is 13.8. The quantitative estimate of drug-likeness (QED) is 0.377. The highest BCUT2D eigenvalue weighted by Gasteiger charge is 2.36. The van der Waals surface area contributed by atoms with E-state index >= 15 is 0 Å². The predicted octanol–water partition coefficient (Wildman–Crippen LogP) is 5.43. The number of carbonyl (C=O) groups excluding carboxylic acids is 2. The second kappa shape index (κ2) is 11.7. The van der Waals surface area contributed by atoms with E-state index in [0.717, 1.165) is 31.6 Å². The molecule has 2 aliphatic rings. The van der Waals surface area contributed by atoms with Gasteiger partial charge in [0, 0.05) is 30.2 Å². The van der Waals surface area contributed by atoms with E-state index in [0.29, 0.717) is 29.0 Å². The number of nitrogens with zero attached hydrogens (tertiary/aromatic N) is 2. The number of benzene rings is 3. The van der Waals surface area contributed by atoms with E-state index in [9.17, 15) is 18.0 Å². The summed E-state index contributed by atoms with van der Waals surface area (Å²) in [5.41, 5.74) is 1.35. The number of halogens is 1. The van der Waals surface area contributed by atoms with E-state index in [4.69, 9.17) is 11.6 Å². The molecule has 5 rings (SSSR count). The summed E-state index contributed by atoms with van der Waals surface area (Å²) in [5.74, 6) is 0.606. The lowest BCUT2D eigenvalue weighted by molar-refractivity contribution is 0.0944. The summed E-state index contributed by atoms with van der Waals surface area (Å²) >= 11 is 6.05. The smallest absolute Gasteiger partial charge is 0.259 e. The number of likely N-dealkylation sites (tertiary alicyclic amines) is 1. The van der Waals surface area contributed by atoms with Crippen molar-refractivity contribution < 1.29 is 18.0 Å². The summed E-state index contributed by atoms with van der Waals surface area (Å²) in [6, 6.07) is 17.7. The lowest BCUT2D eigenvalue weighted by Crippen LogP contribution is -2.40. The number of hydrogen-bond donors (Lipinski definition) is 1. The molecule has 3 aromatic rings. The van der Waals surface area contributed by atoms with Crippen LogP contribution >= 0.6 is 11.6 Å². The minimum atomic E-state index is -4.01. The van der Waals surface area contributed by atoms with Gasteiger partial charge in [0.05, 0.1) is 27.6 Å². The fourth-order valence-corrected chi connectivity index (χ4v) is 7.62. The number of anilines is 1. The van der Waals surface area contributed by atoms with Gasteiger partial charge in [0.2, 0.25) is 9.84 Å². The Labute approximate surface area is 241 Å². The van der Waals surface area contributed by atoms with Crippen molar-refractivity contribution in [3.63, 3.8) is 0 Å². The van der Waals surface area contributed by atoms with E-state index in [2.05, 4.69) is 24.1 Å². The second-order valence-electron chi connectivity index (χ2n) is 11.0. The highest BCUT2D eigenvalue weighted by molar-refractivity contribution is 7.91. The van der Waals surface area contributed by atoms with Gasteiger partial charge in [-0.15, -0.1) is 0 Å². The minimum absolute atomic E-state index is 0.00958. The van der Waals surface area contributed by atoms with Crippen molar-refractivity contribution in [3.8, 4) is 0 Å². The van der Waals surface area contributed by atoms with Crippen LogP contribution in [0.2, 0.25) is 5.02 Å². The first-order valence-corrected chi connectivity index (χ1v) is 15.5. The highest BCUT2D eigenvalue weighted by atomic mass is 35.5. The van der Waals surface area contributed by atoms with Crippen LogP contribution in [-0.2, 0) is 16.4 Å². The Morgan fingerprint density at radius 2 is 1.68 bits per heavy atom. The number of amides is 2. The Balaban J connectivity index is 1.40. The van der Waals surface area contributed by atoms with Gasteiger partial charge >= 0.3 is 0 Å². The maximum Gasteiger partial charge on any atom is 0.259 e. The molecule has 0 aliphatic carbocycles. The van der Waals surface area contributed by atoms with Crippen LogP contribution in [0.1, 0.15) is 53.0 Å². The Morgan fingerprint density at radius 3 is 2.40 bits per heavy atom. The molecule has 7 nitrogen and oxygen atoms in total. The van der Waals surface area contributed by atoms with Crippen molar-refractivity contribution in [2.45, 2.75) is 43.0 Å². The molecule has 40 heavy (non-hydrogen) atoms. The molecule has 3 aromatic carbocycles. The third-order valence-electron chi connectivity index (χ3n) is 7.59. The number of hydrogen-bond acceptors (Lipinski definition) is 5. The zero-order chi connectivity index (χ0) is 28.4. The molecule has 1 saturated heterocycles. The van der Waals surface area contributed by atoms with Gasteiger partial charge in [0.25, 0.3) is 11.8 Å². The summed E-state index contributed by atoms with van der Waals surface area (Å²) < 4.78 is 27.4. The standard InChI is InChI=1S/C31H34ClN3O4S/c1-21-16-22(2)19-34(18-21)15-5-14-33-30(36)24-10-13-29-27(17-24)35(20-23-8-11-25(32)12-9-23)31(37)26-6-3-4-7-28(26)40(29,38)39/h3-4,6-13,17,21-22H,5,14-16,18-20H2,1-2H3,(H,33,36)/t21-,22+. The van der Waals surface area contributed by atoms with Gasteiger partial charge < -0.3 is 15.1 Å². The molecule has 1 N–H and O–H groups in total. The van der Waals surface area contributed by atoms with E-state index < -0.39 is 15.7 Å². The van der Waals surface area contributed by atoms with Gasteiger partial charge in [-0.2, -0.15) is 0 Å². The molecule has 210 valence electrons. The van der Waals surface area contributed by atoms with Crippen molar-refractivity contribution in [1.29, 1.82) is 0 Å². The Bertz CT molecular complexity index is 1510. The van der Waals surface area contributed by atoms with E-state index in [1.54, 1.807) is 36.4 Å². The molecule has 0 aromatic heterocycles. The second-order valence-corrected chi connectivity index (χ2v) is 13.3. The van der Waals surface area contributed by atoms with Crippen molar-refractivity contribution >= 4 is 38.9 Å². The molecule has 2 atom stereocenters. The molecule has 1 fully saturated rings. The molecular formula is C31H34ClN3O4S. The first-order chi connectivity index (χ1) is 19.1. The molecule has 0 radical (unpaired) electrons. The van der Waals surface area contributed by atoms with Crippen molar-refractivity contribution in [1.82, 2.24) is 10.2 Å². The Kier molecular flexibility index (Phi) is 8.31. The van der Waals surface area contributed by atoms with Crippen LogP contribution in [0.3, 0.4) is 0 Å². The summed E-state index contributed by atoms with van der Waals surface area (Å²) in [6.07, 6.45) is 2.07. The first kappa shape index (κ1) is 28.3. The van der Waals surface area contributed by atoms with Gasteiger partial charge in [-0.25, -0.2) is 8.42 Å². The third-order valence-corrected chi connectivity index (χ3v) is 9.70. The Morgan fingerprint density at radius 1 is 0.975 bits per heavy atom. The molecule has 0 spiro atoms.